The van der Waals surface area contributed by atoms with Crippen LogP contribution in [0.15, 0.2) is 128 Å². The number of nitrogens with zero attached hydrogens (tertiary/aromatic N) is 9. The van der Waals surface area contributed by atoms with E-state index in [2.05, 4.69) is 135 Å². The molecule has 3 unspecified atom stereocenters. The van der Waals surface area contributed by atoms with E-state index in [-0.39, 0.29) is 6.09 Å². The number of ether oxygens (including phenoxy) is 1. The Kier molecular flexibility index (Phi) is 16.5. The molecule has 3 atom stereocenters. The molecule has 3 aliphatic heterocycles. The third-order valence-corrected chi connectivity index (χ3v) is 16.1. The van der Waals surface area contributed by atoms with E-state index in [1.54, 1.807) is 42.1 Å². The van der Waals surface area contributed by atoms with Gasteiger partial charge in [0.05, 0.1) is 56.6 Å². The molecule has 9 aromatic rings. The molecule has 0 bridgehead atoms. The zero-order valence-electron chi connectivity index (χ0n) is 46.3. The number of aliphatic hydroxyl groups excluding tert-OH is 3. The second-order valence-electron chi connectivity index (χ2n) is 21.8. The number of fused-ring (bicyclic) bond motifs is 9. The lowest BCUT2D eigenvalue weighted by Crippen LogP contribution is -2.36. The highest BCUT2D eigenvalue weighted by molar-refractivity contribution is 5.89. The summed E-state index contributed by atoms with van der Waals surface area (Å²) in [6, 6.07) is 31.0. The van der Waals surface area contributed by atoms with Gasteiger partial charge in [-0.05, 0) is 140 Å². The summed E-state index contributed by atoms with van der Waals surface area (Å²) in [7, 11) is 4.36. The maximum absolute atomic E-state index is 12.2. The van der Waals surface area contributed by atoms with E-state index >= 15 is 0 Å². The molecule has 0 fully saturated rings. The number of aromatic nitrogens is 6. The summed E-state index contributed by atoms with van der Waals surface area (Å²) in [5, 5.41) is 36.1. The number of carbonyl (C=O) groups is 1. The Balaban J connectivity index is 0.000000133. The second-order valence-corrected chi connectivity index (χ2v) is 21.8. The van der Waals surface area contributed by atoms with Gasteiger partial charge in [0.1, 0.15) is 0 Å². The monoisotopic (exact) mass is 1050 g/mol. The zero-order valence-corrected chi connectivity index (χ0v) is 46.3. The van der Waals surface area contributed by atoms with Crippen molar-refractivity contribution < 1.29 is 24.9 Å². The van der Waals surface area contributed by atoms with E-state index in [0.717, 1.165) is 78.6 Å². The van der Waals surface area contributed by atoms with Gasteiger partial charge >= 0.3 is 6.09 Å². The standard InChI is InChI=1S/C22H25N3O3.C22H27N3O.C20H23N3O/c1-3-28-22(27)24-11-8-20-18(13-24)17-12-15(2)4-5-19(17)25(20)14-21(26)16-6-9-23-10-7-16;1-15(2)17-4-5-20-18(12-17)19-13-24(3)11-8-21(19)25(20)14-22(26)16-6-9-23-10-7-16;1-14-4-3-5-16-17-12-22(2)11-8-18(17)23(20(14)16)13-19(24)15-6-9-21-10-7-15/h4-7,9-10,12,21,26H,3,8,11,13-14H2,1-2H3;4-7,9-10,12,15,22,26H,8,11,13-14H2,1-3H3;3-7,9-10,19,24H,8,11-13H2,1-2H3. The molecule has 14 heteroatoms. The van der Waals surface area contributed by atoms with Crippen LogP contribution in [0.5, 0.6) is 0 Å². The maximum atomic E-state index is 12.2. The number of hydrogen-bond donors (Lipinski definition) is 3. The summed E-state index contributed by atoms with van der Waals surface area (Å²) in [5.74, 6) is 0.516. The predicted octanol–water partition coefficient (Wildman–Crippen LogP) is 10.5. The van der Waals surface area contributed by atoms with Crippen molar-refractivity contribution in [2.45, 2.75) is 117 Å². The minimum absolute atomic E-state index is 0.265. The summed E-state index contributed by atoms with van der Waals surface area (Å²) < 4.78 is 12.1. The molecule has 0 aliphatic carbocycles. The van der Waals surface area contributed by atoms with E-state index in [9.17, 15) is 20.1 Å². The number of rotatable bonds is 11. The van der Waals surface area contributed by atoms with Crippen molar-refractivity contribution in [1.82, 2.24) is 43.4 Å². The molecule has 3 aromatic carbocycles. The molecular weight excluding hydrogens is 975 g/mol. The summed E-state index contributed by atoms with van der Waals surface area (Å²) in [6.45, 7) is 17.8. The van der Waals surface area contributed by atoms with Gasteiger partial charge < -0.3 is 48.5 Å². The Morgan fingerprint density at radius 1 is 0.551 bits per heavy atom. The molecule has 12 rings (SSSR count). The number of para-hydroxylation sites is 1. The molecule has 3 N–H and O–H groups in total. The largest absolute Gasteiger partial charge is 0.450 e. The second kappa shape index (κ2) is 23.8. The van der Waals surface area contributed by atoms with Crippen LogP contribution in [-0.4, -0.2) is 105 Å². The predicted molar refractivity (Wildman–Crippen MR) is 308 cm³/mol. The van der Waals surface area contributed by atoms with Crippen molar-refractivity contribution in [2.75, 3.05) is 40.3 Å². The van der Waals surface area contributed by atoms with Crippen LogP contribution in [0.25, 0.3) is 32.7 Å². The molecule has 14 nitrogen and oxygen atoms in total. The maximum Gasteiger partial charge on any atom is 0.410 e. The van der Waals surface area contributed by atoms with Gasteiger partial charge in [-0.25, -0.2) is 4.79 Å². The van der Waals surface area contributed by atoms with Gasteiger partial charge in [0.2, 0.25) is 0 Å². The molecule has 78 heavy (non-hydrogen) atoms. The van der Waals surface area contributed by atoms with Crippen LogP contribution in [0.3, 0.4) is 0 Å². The average molecular weight is 1050 g/mol. The number of likely N-dealkylation sites (N-methyl/N-ethyl adjacent to an activating group) is 2. The highest BCUT2D eigenvalue weighted by Crippen LogP contribution is 2.37. The summed E-state index contributed by atoms with van der Waals surface area (Å²) in [6.07, 6.45) is 11.2. The van der Waals surface area contributed by atoms with Gasteiger partial charge in [0.25, 0.3) is 0 Å². The SMILES string of the molecule is CC(C)c1ccc2c(c1)c1c(n2CC(O)c2ccncc2)CCN(C)C1.CCOC(=O)N1CCc2c(c3cc(C)ccc3n2CC(O)c2ccncc2)C1.Cc1cccc2c3c(n(CC(O)c4ccncc4)c12)CCN(C)C3. The third kappa shape index (κ3) is 11.4. The van der Waals surface area contributed by atoms with E-state index in [1.807, 2.05) is 43.3 Å². The Bertz CT molecular complexity index is 3520. The van der Waals surface area contributed by atoms with Crippen LogP contribution < -0.4 is 0 Å². The van der Waals surface area contributed by atoms with E-state index in [4.69, 9.17) is 4.74 Å². The Morgan fingerprint density at radius 2 is 1.01 bits per heavy atom. The van der Waals surface area contributed by atoms with Crippen molar-refractivity contribution in [3.63, 3.8) is 0 Å². The molecule has 406 valence electrons. The minimum Gasteiger partial charge on any atom is -0.450 e. The molecule has 0 spiro atoms. The van der Waals surface area contributed by atoms with Crippen molar-refractivity contribution in [2.24, 2.45) is 0 Å². The van der Waals surface area contributed by atoms with Crippen LogP contribution in [0.1, 0.15) is 112 Å². The third-order valence-electron chi connectivity index (χ3n) is 16.1. The first kappa shape index (κ1) is 54.2. The molecule has 3 aliphatic rings. The fourth-order valence-electron chi connectivity index (χ4n) is 11.9. The van der Waals surface area contributed by atoms with Crippen molar-refractivity contribution >= 4 is 38.8 Å². The van der Waals surface area contributed by atoms with Gasteiger partial charge in [-0.3, -0.25) is 15.0 Å². The fraction of sp³-hybridized carbons (Fsp3) is 0.375. The lowest BCUT2D eigenvalue weighted by molar-refractivity contribution is 0.102. The van der Waals surface area contributed by atoms with E-state index in [0.29, 0.717) is 45.2 Å². The first-order chi connectivity index (χ1) is 37.8. The number of hydrogen-bond acceptors (Lipinski definition) is 10. The number of benzene rings is 3. The number of pyridine rings is 3. The lowest BCUT2D eigenvalue weighted by atomic mass is 9.98. The van der Waals surface area contributed by atoms with Crippen molar-refractivity contribution in [3.8, 4) is 0 Å². The quantitative estimate of drug-likeness (QED) is 0.114. The number of aryl methyl sites for hydroxylation is 2. The smallest absolute Gasteiger partial charge is 0.410 e. The summed E-state index contributed by atoms with van der Waals surface area (Å²) in [4.78, 5) is 30.9. The topological polar surface area (TPSA) is 150 Å². The molecule has 9 heterocycles. The molecule has 0 saturated carbocycles. The van der Waals surface area contributed by atoms with Crippen LogP contribution in [0.4, 0.5) is 4.79 Å². The lowest BCUT2D eigenvalue weighted by Gasteiger charge is -2.28. The fourth-order valence-corrected chi connectivity index (χ4v) is 11.9. The van der Waals surface area contributed by atoms with Crippen LogP contribution in [0.2, 0.25) is 0 Å². The van der Waals surface area contributed by atoms with Crippen molar-refractivity contribution in [1.29, 1.82) is 0 Å². The van der Waals surface area contributed by atoms with Crippen LogP contribution in [0, 0.1) is 13.8 Å². The number of carbonyl (C=O) groups excluding carboxylic acids is 1. The molecule has 6 aromatic heterocycles. The van der Waals surface area contributed by atoms with Crippen molar-refractivity contribution in [3.05, 3.63) is 195 Å². The van der Waals surface area contributed by atoms with E-state index < -0.39 is 18.3 Å². The Morgan fingerprint density at radius 3 is 1.54 bits per heavy atom. The number of aliphatic hydroxyl groups is 3. The molecule has 0 radical (unpaired) electrons. The Labute approximate surface area is 458 Å². The zero-order chi connectivity index (χ0) is 54.6. The van der Waals surface area contributed by atoms with Gasteiger partial charge in [-0.2, -0.15) is 0 Å². The highest BCUT2D eigenvalue weighted by atomic mass is 16.6. The van der Waals surface area contributed by atoms with Crippen LogP contribution >= 0.6 is 0 Å². The first-order valence-electron chi connectivity index (χ1n) is 27.6. The Hall–Kier alpha value is -7.20. The van der Waals surface area contributed by atoms with Gasteiger partial charge in [-0.1, -0.05) is 49.7 Å². The molecule has 0 saturated heterocycles. The number of amides is 1. The normalized spacial score (nSPS) is 15.7. The van der Waals surface area contributed by atoms with Gasteiger partial charge in [-0.15, -0.1) is 0 Å². The summed E-state index contributed by atoms with van der Waals surface area (Å²) in [5.41, 5.74) is 18.1. The van der Waals surface area contributed by atoms with Gasteiger partial charge in [0.15, 0.2) is 0 Å². The first-order valence-corrected chi connectivity index (χ1v) is 27.6. The van der Waals surface area contributed by atoms with Gasteiger partial charge in [0, 0.05) is 139 Å². The molecule has 1 amide bonds. The van der Waals surface area contributed by atoms with E-state index in [1.165, 1.54) is 66.7 Å². The minimum atomic E-state index is -0.618. The van der Waals surface area contributed by atoms with Crippen LogP contribution in [-0.2, 0) is 63.3 Å². The summed E-state index contributed by atoms with van der Waals surface area (Å²) >= 11 is 0. The average Bonchev–Trinajstić information content (AvgIpc) is 4.18. The molecular formula is C64H75N9O5. The highest BCUT2D eigenvalue weighted by Gasteiger charge is 2.30.